The van der Waals surface area contributed by atoms with Crippen molar-refractivity contribution in [2.75, 3.05) is 23.8 Å². The molecule has 174 valence electrons. The van der Waals surface area contributed by atoms with E-state index < -0.39 is 5.90 Å². The van der Waals surface area contributed by atoms with E-state index in [2.05, 4.69) is 15.2 Å². The number of anilines is 1. The van der Waals surface area contributed by atoms with E-state index in [1.807, 2.05) is 35.3 Å². The summed E-state index contributed by atoms with van der Waals surface area (Å²) in [5.74, 6) is -0.550. The number of thiophene rings is 1. The number of carbonyl (C=O) groups excluding carboxylic acids is 1. The summed E-state index contributed by atoms with van der Waals surface area (Å²) in [4.78, 5) is 23.7. The average molecular weight is 477 g/mol. The number of carbonyl (C=O) groups is 1. The number of piperidine rings is 1. The third-order valence-electron chi connectivity index (χ3n) is 5.94. The van der Waals surface area contributed by atoms with Crippen molar-refractivity contribution in [1.29, 1.82) is 0 Å². The highest BCUT2D eigenvalue weighted by Gasteiger charge is 2.24. The smallest absolute Gasteiger partial charge is 0.324 e. The molecule has 0 unspecified atom stereocenters. The van der Waals surface area contributed by atoms with E-state index in [4.69, 9.17) is 10.3 Å². The van der Waals surface area contributed by atoms with Crippen LogP contribution in [0.4, 0.5) is 11.6 Å². The highest BCUT2D eigenvalue weighted by molar-refractivity contribution is 7.21. The number of ketones is 1. The van der Waals surface area contributed by atoms with Crippen LogP contribution in [0.2, 0.25) is 0 Å². The van der Waals surface area contributed by atoms with E-state index in [0.717, 1.165) is 42.8 Å². The molecule has 2 N–H and O–H groups in total. The Bertz CT molecular complexity index is 1400. The van der Waals surface area contributed by atoms with Gasteiger partial charge in [-0.25, -0.2) is 9.98 Å². The van der Waals surface area contributed by atoms with Crippen LogP contribution in [0, 0.1) is 6.92 Å². The van der Waals surface area contributed by atoms with Gasteiger partial charge >= 0.3 is 5.88 Å². The summed E-state index contributed by atoms with van der Waals surface area (Å²) in [6.07, 6.45) is 4.96. The fourth-order valence-corrected chi connectivity index (χ4v) is 5.43. The fraction of sp³-hybridized carbons (Fsp3) is 0.292. The molecule has 3 aromatic heterocycles. The summed E-state index contributed by atoms with van der Waals surface area (Å²) in [6.45, 7) is 5.05. The van der Waals surface area contributed by atoms with Gasteiger partial charge in [-0.05, 0) is 38.7 Å². The van der Waals surface area contributed by atoms with E-state index in [9.17, 15) is 9.90 Å². The first-order valence-electron chi connectivity index (χ1n) is 11.1. The predicted octanol–water partition coefficient (Wildman–Crippen LogP) is 2.89. The number of nitrogen functional groups attached to an aromatic ring is 1. The standard InChI is InChI=1S/C24H24N6O3S/c1-14-18(15(2)31)19(16-9-5-3-6-10-16)20-21(25)22(34-24(20)26-14)23(32)27-17-13-30(28-33-17)29-11-7-4-8-12-29/h3,5-6,9-10,13H,4,7-8,11-12H2,1-2H3,(H2-,25,27,28,32). The number of rotatable bonds is 5. The summed E-state index contributed by atoms with van der Waals surface area (Å²) in [5, 5.41) is 19.7. The van der Waals surface area contributed by atoms with Crippen LogP contribution in [0.3, 0.4) is 0 Å². The minimum Gasteiger partial charge on any atom is -0.857 e. The van der Waals surface area contributed by atoms with Gasteiger partial charge in [-0.2, -0.15) is 5.01 Å². The van der Waals surface area contributed by atoms with Crippen molar-refractivity contribution < 1.29 is 19.2 Å². The van der Waals surface area contributed by atoms with Gasteiger partial charge in [0.05, 0.1) is 34.1 Å². The normalized spacial score (nSPS) is 14.6. The molecule has 4 heterocycles. The van der Waals surface area contributed by atoms with E-state index in [-0.39, 0.29) is 22.2 Å². The van der Waals surface area contributed by atoms with Gasteiger partial charge in [0.2, 0.25) is 5.27 Å². The SMILES string of the molecule is CC(=O)c1c(C)nc2sc(/C([O-])=N/c3c[n+](N4CCCCC4)no3)c(N)c2c1-c1ccccc1. The summed E-state index contributed by atoms with van der Waals surface area (Å²) in [7, 11) is 0. The van der Waals surface area contributed by atoms with Crippen LogP contribution in [0.1, 0.15) is 47.1 Å². The van der Waals surface area contributed by atoms with Crippen molar-refractivity contribution in [3.8, 4) is 11.1 Å². The fourth-order valence-electron chi connectivity index (χ4n) is 4.39. The molecule has 1 aliphatic heterocycles. The number of pyridine rings is 1. The lowest BCUT2D eigenvalue weighted by atomic mass is 9.93. The number of aliphatic imine (C=N–C) groups is 1. The molecule has 0 aliphatic carbocycles. The van der Waals surface area contributed by atoms with Crippen LogP contribution in [0.25, 0.3) is 21.3 Å². The predicted molar refractivity (Wildman–Crippen MR) is 129 cm³/mol. The number of aryl methyl sites for hydroxylation is 1. The number of hydrogen-bond acceptors (Lipinski definition) is 9. The van der Waals surface area contributed by atoms with Crippen LogP contribution in [-0.2, 0) is 0 Å². The Morgan fingerprint density at radius 1 is 1.24 bits per heavy atom. The zero-order chi connectivity index (χ0) is 23.8. The second kappa shape index (κ2) is 8.86. The number of nitrogens with zero attached hydrogens (tertiary/aromatic N) is 5. The lowest BCUT2D eigenvalue weighted by Gasteiger charge is -2.17. The molecule has 0 spiro atoms. The molecule has 34 heavy (non-hydrogen) atoms. The monoisotopic (exact) mass is 476 g/mol. The molecule has 10 heteroatoms. The summed E-state index contributed by atoms with van der Waals surface area (Å²) >= 11 is 1.16. The van der Waals surface area contributed by atoms with Crippen molar-refractivity contribution in [3.05, 3.63) is 52.7 Å². The van der Waals surface area contributed by atoms with Crippen LogP contribution in [0.15, 0.2) is 46.0 Å². The van der Waals surface area contributed by atoms with Crippen molar-refractivity contribution in [2.45, 2.75) is 33.1 Å². The van der Waals surface area contributed by atoms with Gasteiger partial charge < -0.3 is 10.8 Å². The van der Waals surface area contributed by atoms with Crippen LogP contribution < -0.4 is 20.6 Å². The topological polar surface area (TPSA) is 125 Å². The van der Waals surface area contributed by atoms with Gasteiger partial charge in [0.15, 0.2) is 5.78 Å². The van der Waals surface area contributed by atoms with E-state index >= 15 is 0 Å². The van der Waals surface area contributed by atoms with Gasteiger partial charge in [-0.3, -0.25) is 9.32 Å². The molecule has 0 saturated carbocycles. The zero-order valence-corrected chi connectivity index (χ0v) is 19.8. The van der Waals surface area contributed by atoms with Crippen LogP contribution >= 0.6 is 11.3 Å². The molecule has 0 atom stereocenters. The number of hydrogen-bond donors (Lipinski definition) is 1. The quantitative estimate of drug-likeness (QED) is 0.203. The Labute approximate surface area is 200 Å². The first-order chi connectivity index (χ1) is 16.4. The Kier molecular flexibility index (Phi) is 5.74. The maximum Gasteiger partial charge on any atom is 0.324 e. The summed E-state index contributed by atoms with van der Waals surface area (Å²) in [5.41, 5.74) is 9.36. The summed E-state index contributed by atoms with van der Waals surface area (Å²) < 4.78 is 5.27. The number of Topliss-reactive ketones (excluding diaryl/α,β-unsaturated/α-hetero) is 1. The molecular formula is C24H24N6O3S. The molecule has 0 bridgehead atoms. The number of nitrogens with two attached hydrogens (primary N) is 1. The molecule has 9 nitrogen and oxygen atoms in total. The van der Waals surface area contributed by atoms with Gasteiger partial charge in [-0.15, -0.1) is 11.3 Å². The van der Waals surface area contributed by atoms with Crippen LogP contribution in [-0.4, -0.2) is 35.0 Å². The molecule has 5 rings (SSSR count). The van der Waals surface area contributed by atoms with E-state index in [1.54, 1.807) is 17.9 Å². The van der Waals surface area contributed by atoms with E-state index in [1.165, 1.54) is 13.3 Å². The number of aromatic nitrogens is 3. The van der Waals surface area contributed by atoms with Gasteiger partial charge in [0.1, 0.15) is 4.83 Å². The minimum atomic E-state index is -0.538. The third-order valence-corrected chi connectivity index (χ3v) is 7.03. The largest absolute Gasteiger partial charge is 0.857 e. The van der Waals surface area contributed by atoms with Gasteiger partial charge in [-0.1, -0.05) is 30.3 Å². The maximum absolute atomic E-state index is 13.1. The first-order valence-corrected chi connectivity index (χ1v) is 11.9. The second-order valence-corrected chi connectivity index (χ2v) is 9.29. The Morgan fingerprint density at radius 2 is 1.97 bits per heavy atom. The number of fused-ring (bicyclic) bond motifs is 1. The molecule has 1 aliphatic rings. The molecule has 1 saturated heterocycles. The van der Waals surface area contributed by atoms with Gasteiger partial charge in [0.25, 0.3) is 6.20 Å². The van der Waals surface area contributed by atoms with Crippen molar-refractivity contribution in [3.63, 3.8) is 0 Å². The molecular weight excluding hydrogens is 452 g/mol. The average Bonchev–Trinajstić information content (AvgIpc) is 3.43. The molecule has 1 aromatic carbocycles. The Morgan fingerprint density at radius 3 is 2.68 bits per heavy atom. The van der Waals surface area contributed by atoms with E-state index in [0.29, 0.717) is 27.0 Å². The van der Waals surface area contributed by atoms with Gasteiger partial charge in [0, 0.05) is 22.4 Å². The molecule has 4 aromatic rings. The van der Waals surface area contributed by atoms with Crippen LogP contribution in [0.5, 0.6) is 0 Å². The maximum atomic E-state index is 13.1. The number of benzene rings is 1. The molecule has 1 fully saturated rings. The first kappa shape index (κ1) is 22.0. The summed E-state index contributed by atoms with van der Waals surface area (Å²) in [6, 6.07) is 9.52. The van der Waals surface area contributed by atoms with Crippen molar-refractivity contribution in [1.82, 2.24) is 10.3 Å². The minimum absolute atomic E-state index is 0.101. The highest BCUT2D eigenvalue weighted by Crippen LogP contribution is 2.42. The third kappa shape index (κ3) is 3.90. The molecule has 0 radical (unpaired) electrons. The Hall–Kier alpha value is -3.79. The van der Waals surface area contributed by atoms with Crippen molar-refractivity contribution >= 4 is 44.8 Å². The zero-order valence-electron chi connectivity index (χ0n) is 18.9. The second-order valence-electron chi connectivity index (χ2n) is 8.29. The lowest BCUT2D eigenvalue weighted by Crippen LogP contribution is -2.60. The molecule has 0 amide bonds. The highest BCUT2D eigenvalue weighted by atomic mass is 32.1. The van der Waals surface area contributed by atoms with Crippen molar-refractivity contribution in [2.24, 2.45) is 4.99 Å². The lowest BCUT2D eigenvalue weighted by molar-refractivity contribution is -0.759. The Balaban J connectivity index is 1.61.